The Kier molecular flexibility index (Phi) is 4.75. The maximum Gasteiger partial charge on any atom is 0.291 e. The van der Waals surface area contributed by atoms with Gasteiger partial charge in [0, 0.05) is 11.8 Å². The molecule has 1 aromatic heterocycles. The van der Waals surface area contributed by atoms with Gasteiger partial charge in [-0.15, -0.1) is 0 Å². The molecule has 0 aliphatic carbocycles. The zero-order valence-electron chi connectivity index (χ0n) is 14.1. The molecule has 2 N–H and O–H groups in total. The van der Waals surface area contributed by atoms with Crippen molar-refractivity contribution in [3.63, 3.8) is 0 Å². The monoisotopic (exact) mass is 337 g/mol. The number of nitrogens with one attached hydrogen (secondary N) is 1. The molecule has 128 valence electrons. The van der Waals surface area contributed by atoms with Crippen LogP contribution in [-0.2, 0) is 6.61 Å². The van der Waals surface area contributed by atoms with Crippen LogP contribution in [0.1, 0.15) is 27.4 Å². The lowest BCUT2D eigenvalue weighted by molar-refractivity contribution is 0.0992. The highest BCUT2D eigenvalue weighted by Crippen LogP contribution is 2.20. The first-order valence-corrected chi connectivity index (χ1v) is 7.90. The van der Waals surface area contributed by atoms with E-state index in [2.05, 4.69) is 11.4 Å². The van der Waals surface area contributed by atoms with Gasteiger partial charge in [0.05, 0.1) is 0 Å². The quantitative estimate of drug-likeness (QED) is 0.722. The number of benzene rings is 2. The van der Waals surface area contributed by atoms with E-state index in [9.17, 15) is 9.90 Å². The molecule has 0 fully saturated rings. The summed E-state index contributed by atoms with van der Waals surface area (Å²) in [5.41, 5.74) is 2.75. The number of aryl methyl sites for hydroxylation is 2. The summed E-state index contributed by atoms with van der Waals surface area (Å²) in [6, 6.07) is 15.6. The van der Waals surface area contributed by atoms with E-state index in [1.165, 1.54) is 12.1 Å². The van der Waals surface area contributed by atoms with Crippen LogP contribution in [0.2, 0.25) is 0 Å². The molecule has 0 radical (unpaired) electrons. The normalized spacial score (nSPS) is 10.5. The fourth-order valence-electron chi connectivity index (χ4n) is 2.52. The lowest BCUT2D eigenvalue weighted by atomic mass is 10.1. The minimum atomic E-state index is -0.386. The van der Waals surface area contributed by atoms with Crippen LogP contribution in [-0.4, -0.2) is 11.0 Å². The number of anilines is 1. The summed E-state index contributed by atoms with van der Waals surface area (Å²) >= 11 is 0. The molecule has 0 unspecified atom stereocenters. The Hall–Kier alpha value is -3.21. The van der Waals surface area contributed by atoms with Crippen molar-refractivity contribution in [3.05, 3.63) is 77.2 Å². The molecule has 0 aliphatic rings. The molecule has 1 heterocycles. The maximum absolute atomic E-state index is 12.2. The molecule has 5 heteroatoms. The summed E-state index contributed by atoms with van der Waals surface area (Å²) in [6.07, 6.45) is 0. The van der Waals surface area contributed by atoms with E-state index in [1.54, 1.807) is 24.3 Å². The molecule has 0 atom stereocenters. The number of ether oxygens (including phenoxy) is 1. The van der Waals surface area contributed by atoms with Crippen LogP contribution in [0.5, 0.6) is 11.5 Å². The molecule has 1 amide bonds. The van der Waals surface area contributed by atoms with Gasteiger partial charge in [-0.25, -0.2) is 0 Å². The van der Waals surface area contributed by atoms with Crippen LogP contribution >= 0.6 is 0 Å². The Morgan fingerprint density at radius 3 is 2.56 bits per heavy atom. The third kappa shape index (κ3) is 4.41. The molecule has 3 aromatic rings. The SMILES string of the molecule is Cc1cc(C)cc(OCc2ccc(C(=O)Nc3cccc(O)c3)o2)c1. The predicted octanol–water partition coefficient (Wildman–Crippen LogP) is 4.43. The largest absolute Gasteiger partial charge is 0.508 e. The first-order valence-electron chi connectivity index (χ1n) is 7.90. The summed E-state index contributed by atoms with van der Waals surface area (Å²) in [7, 11) is 0. The number of phenolic OH excluding ortho intramolecular Hbond substituents is 1. The van der Waals surface area contributed by atoms with Gasteiger partial charge in [0.2, 0.25) is 0 Å². The van der Waals surface area contributed by atoms with Gasteiger partial charge in [-0.3, -0.25) is 4.79 Å². The molecule has 0 saturated carbocycles. The van der Waals surface area contributed by atoms with Crippen molar-refractivity contribution >= 4 is 11.6 Å². The highest BCUT2D eigenvalue weighted by Gasteiger charge is 2.12. The van der Waals surface area contributed by atoms with Crippen molar-refractivity contribution in [2.24, 2.45) is 0 Å². The third-order valence-corrected chi connectivity index (χ3v) is 3.57. The number of hydrogen-bond donors (Lipinski definition) is 2. The van der Waals surface area contributed by atoms with Crippen molar-refractivity contribution in [1.82, 2.24) is 0 Å². The second kappa shape index (κ2) is 7.13. The van der Waals surface area contributed by atoms with Crippen LogP contribution in [0.25, 0.3) is 0 Å². The maximum atomic E-state index is 12.2. The Morgan fingerprint density at radius 1 is 1.08 bits per heavy atom. The zero-order chi connectivity index (χ0) is 17.8. The van der Waals surface area contributed by atoms with Gasteiger partial charge in [-0.2, -0.15) is 0 Å². The molecule has 0 saturated heterocycles. The van der Waals surface area contributed by atoms with Crippen LogP contribution in [0.4, 0.5) is 5.69 Å². The molecular weight excluding hydrogens is 318 g/mol. The van der Waals surface area contributed by atoms with Crippen LogP contribution in [0.15, 0.2) is 59.0 Å². The van der Waals surface area contributed by atoms with E-state index >= 15 is 0 Å². The van der Waals surface area contributed by atoms with Gasteiger partial charge in [-0.05, 0) is 61.4 Å². The van der Waals surface area contributed by atoms with Crippen LogP contribution in [0, 0.1) is 13.8 Å². The lowest BCUT2D eigenvalue weighted by Gasteiger charge is -2.07. The Labute approximate surface area is 145 Å². The van der Waals surface area contributed by atoms with E-state index < -0.39 is 0 Å². The summed E-state index contributed by atoms with van der Waals surface area (Å²) < 4.78 is 11.3. The van der Waals surface area contributed by atoms with Gasteiger partial charge in [0.1, 0.15) is 23.9 Å². The molecule has 5 nitrogen and oxygen atoms in total. The summed E-state index contributed by atoms with van der Waals surface area (Å²) in [6.45, 7) is 4.26. The molecule has 3 rings (SSSR count). The van der Waals surface area contributed by atoms with Crippen LogP contribution < -0.4 is 10.1 Å². The van der Waals surface area contributed by atoms with Crippen molar-refractivity contribution in [1.29, 1.82) is 0 Å². The molecule has 2 aromatic carbocycles. The van der Waals surface area contributed by atoms with Crippen molar-refractivity contribution in [2.75, 3.05) is 5.32 Å². The molecule has 0 aliphatic heterocycles. The zero-order valence-corrected chi connectivity index (χ0v) is 14.1. The molecular formula is C20H19NO4. The number of phenols is 1. The fraction of sp³-hybridized carbons (Fsp3) is 0.150. The summed E-state index contributed by atoms with van der Waals surface area (Å²) in [5, 5.41) is 12.1. The highest BCUT2D eigenvalue weighted by atomic mass is 16.5. The summed E-state index contributed by atoms with van der Waals surface area (Å²) in [5.74, 6) is 1.20. The van der Waals surface area contributed by atoms with E-state index in [0.29, 0.717) is 11.4 Å². The van der Waals surface area contributed by atoms with Gasteiger partial charge in [0.25, 0.3) is 5.91 Å². The Balaban J connectivity index is 1.62. The highest BCUT2D eigenvalue weighted by molar-refractivity contribution is 6.02. The smallest absolute Gasteiger partial charge is 0.291 e. The standard InChI is InChI=1S/C20H19NO4/c1-13-8-14(2)10-18(9-13)24-12-17-6-7-19(25-17)20(23)21-15-4-3-5-16(22)11-15/h3-11,22H,12H2,1-2H3,(H,21,23). The van der Waals surface area contributed by atoms with Gasteiger partial charge < -0.3 is 19.6 Å². The second-order valence-corrected chi connectivity index (χ2v) is 5.88. The Bertz CT molecular complexity index is 878. The van der Waals surface area contributed by atoms with Gasteiger partial charge in [0.15, 0.2) is 5.76 Å². The van der Waals surface area contributed by atoms with Crippen molar-refractivity contribution in [3.8, 4) is 11.5 Å². The minimum Gasteiger partial charge on any atom is -0.508 e. The van der Waals surface area contributed by atoms with E-state index in [-0.39, 0.29) is 24.0 Å². The van der Waals surface area contributed by atoms with Gasteiger partial charge >= 0.3 is 0 Å². The number of rotatable bonds is 5. The predicted molar refractivity (Wildman–Crippen MR) is 95.0 cm³/mol. The first-order chi connectivity index (χ1) is 12.0. The number of aromatic hydroxyl groups is 1. The van der Waals surface area contributed by atoms with E-state index in [0.717, 1.165) is 16.9 Å². The molecule has 25 heavy (non-hydrogen) atoms. The van der Waals surface area contributed by atoms with Crippen LogP contribution in [0.3, 0.4) is 0 Å². The number of carbonyl (C=O) groups is 1. The number of carbonyl (C=O) groups excluding carboxylic acids is 1. The minimum absolute atomic E-state index is 0.0831. The lowest BCUT2D eigenvalue weighted by Crippen LogP contribution is -2.10. The fourth-order valence-corrected chi connectivity index (χ4v) is 2.52. The average molecular weight is 337 g/mol. The number of amides is 1. The number of hydrogen-bond acceptors (Lipinski definition) is 4. The average Bonchev–Trinajstić information content (AvgIpc) is 3.01. The second-order valence-electron chi connectivity index (χ2n) is 5.88. The third-order valence-electron chi connectivity index (χ3n) is 3.57. The number of furan rings is 1. The van der Waals surface area contributed by atoms with Crippen molar-refractivity contribution < 1.29 is 19.1 Å². The van der Waals surface area contributed by atoms with E-state index in [4.69, 9.17) is 9.15 Å². The van der Waals surface area contributed by atoms with Crippen molar-refractivity contribution in [2.45, 2.75) is 20.5 Å². The first kappa shape index (κ1) is 16.6. The van der Waals surface area contributed by atoms with E-state index in [1.807, 2.05) is 26.0 Å². The topological polar surface area (TPSA) is 71.7 Å². The molecule has 0 spiro atoms. The molecule has 0 bridgehead atoms. The summed E-state index contributed by atoms with van der Waals surface area (Å²) in [4.78, 5) is 12.2. The van der Waals surface area contributed by atoms with Gasteiger partial charge in [-0.1, -0.05) is 12.1 Å². The Morgan fingerprint density at radius 2 is 1.84 bits per heavy atom.